The number of hydrogen-bond donors (Lipinski definition) is 3. The summed E-state index contributed by atoms with van der Waals surface area (Å²) in [7, 11) is 1.30. The van der Waals surface area contributed by atoms with E-state index in [0.29, 0.717) is 12.0 Å². The first-order chi connectivity index (χ1) is 17.8. The predicted molar refractivity (Wildman–Crippen MR) is 140 cm³/mol. The molecule has 3 aromatic rings. The van der Waals surface area contributed by atoms with Crippen molar-refractivity contribution in [2.45, 2.75) is 39.0 Å². The number of benzene rings is 3. The Morgan fingerprint density at radius 2 is 1.35 bits per heavy atom. The molecule has 194 valence electrons. The summed E-state index contributed by atoms with van der Waals surface area (Å²) in [4.78, 5) is 38.5. The number of carbonyl (C=O) groups is 3. The van der Waals surface area contributed by atoms with E-state index in [1.54, 1.807) is 38.1 Å². The Morgan fingerprint density at radius 1 is 0.811 bits per heavy atom. The summed E-state index contributed by atoms with van der Waals surface area (Å²) in [5.41, 5.74) is 6.76. The minimum Gasteiger partial charge on any atom is -0.469 e. The van der Waals surface area contributed by atoms with Crippen LogP contribution in [0.2, 0.25) is 0 Å². The molecule has 8 nitrogen and oxygen atoms in total. The second-order valence-corrected chi connectivity index (χ2v) is 9.16. The van der Waals surface area contributed by atoms with Crippen molar-refractivity contribution in [3.05, 3.63) is 108 Å². The van der Waals surface area contributed by atoms with Gasteiger partial charge < -0.3 is 14.8 Å². The lowest BCUT2D eigenvalue weighted by Gasteiger charge is -2.38. The monoisotopic (exact) mass is 503 g/mol. The summed E-state index contributed by atoms with van der Waals surface area (Å²) in [6.07, 6.45) is -0.285. The number of ether oxygens (including phenoxy) is 2. The number of methoxy groups -OCH3 is 1. The topological polar surface area (TPSA) is 106 Å². The average Bonchev–Trinajstić information content (AvgIpc) is 2.92. The Labute approximate surface area is 217 Å². The normalized spacial score (nSPS) is 12.6. The van der Waals surface area contributed by atoms with Crippen molar-refractivity contribution in [2.75, 3.05) is 7.11 Å². The van der Waals surface area contributed by atoms with Gasteiger partial charge in [-0.15, -0.1) is 0 Å². The molecule has 3 aromatic carbocycles. The van der Waals surface area contributed by atoms with Gasteiger partial charge in [-0.1, -0.05) is 78.9 Å². The van der Waals surface area contributed by atoms with Gasteiger partial charge in [-0.2, -0.15) is 0 Å². The van der Waals surface area contributed by atoms with Crippen LogP contribution in [0, 0.1) is 5.41 Å². The average molecular weight is 504 g/mol. The van der Waals surface area contributed by atoms with Gasteiger partial charge in [0, 0.05) is 5.56 Å². The fourth-order valence-corrected chi connectivity index (χ4v) is 4.02. The fraction of sp³-hybridized carbons (Fsp3) is 0.276. The number of esters is 1. The van der Waals surface area contributed by atoms with E-state index in [0.717, 1.165) is 11.1 Å². The quantitative estimate of drug-likeness (QED) is 0.270. The second-order valence-electron chi connectivity index (χ2n) is 9.16. The first-order valence-corrected chi connectivity index (χ1v) is 12.0. The molecule has 0 bridgehead atoms. The lowest BCUT2D eigenvalue weighted by atomic mass is 9.78. The second kappa shape index (κ2) is 13.2. The zero-order valence-electron chi connectivity index (χ0n) is 21.3. The van der Waals surface area contributed by atoms with Crippen LogP contribution >= 0.6 is 0 Å². The molecule has 0 fully saturated rings. The Kier molecular flexibility index (Phi) is 9.80. The van der Waals surface area contributed by atoms with Crippen molar-refractivity contribution < 1.29 is 23.9 Å². The zero-order chi connectivity index (χ0) is 26.7. The molecule has 3 N–H and O–H groups in total. The number of hydrazine groups is 1. The highest BCUT2D eigenvalue weighted by molar-refractivity contribution is 5.93. The molecule has 2 atom stereocenters. The molecule has 3 rings (SSSR count). The van der Waals surface area contributed by atoms with E-state index in [1.165, 1.54) is 7.11 Å². The van der Waals surface area contributed by atoms with E-state index < -0.39 is 29.6 Å². The molecule has 0 aliphatic heterocycles. The summed E-state index contributed by atoms with van der Waals surface area (Å²) in [5.74, 6) is -0.882. The highest BCUT2D eigenvalue weighted by Crippen LogP contribution is 2.26. The van der Waals surface area contributed by atoms with Crippen molar-refractivity contribution in [3.63, 3.8) is 0 Å². The zero-order valence-corrected chi connectivity index (χ0v) is 21.3. The molecule has 0 radical (unpaired) electrons. The van der Waals surface area contributed by atoms with E-state index in [4.69, 9.17) is 9.47 Å². The van der Waals surface area contributed by atoms with Gasteiger partial charge in [-0.3, -0.25) is 15.0 Å². The van der Waals surface area contributed by atoms with Gasteiger partial charge in [-0.25, -0.2) is 10.2 Å². The standard InChI is InChI=1S/C29H33N3O5/c1-29(2,27(34)36-3)25(31-32-26(33)23-17-11-6-12-18-23)24(19-21-13-7-4-8-14-21)30-28(35)37-20-22-15-9-5-10-16-22/h4-18,24-25,31H,19-20H2,1-3H3,(H,30,35)(H,32,33)/t24-,25?/m0/s1. The van der Waals surface area contributed by atoms with E-state index in [9.17, 15) is 14.4 Å². The molecule has 0 heterocycles. The van der Waals surface area contributed by atoms with Crippen LogP contribution in [0.25, 0.3) is 0 Å². The van der Waals surface area contributed by atoms with Crippen molar-refractivity contribution in [3.8, 4) is 0 Å². The van der Waals surface area contributed by atoms with E-state index in [1.807, 2.05) is 66.7 Å². The van der Waals surface area contributed by atoms with Crippen LogP contribution in [0.1, 0.15) is 35.3 Å². The van der Waals surface area contributed by atoms with Gasteiger partial charge in [-0.05, 0) is 43.5 Å². The molecule has 0 aliphatic carbocycles. The highest BCUT2D eigenvalue weighted by atomic mass is 16.5. The first kappa shape index (κ1) is 27.4. The summed E-state index contributed by atoms with van der Waals surface area (Å²) in [6, 6.07) is 26.1. The number of rotatable bonds is 11. The molecular weight excluding hydrogens is 470 g/mol. The molecule has 37 heavy (non-hydrogen) atoms. The van der Waals surface area contributed by atoms with Crippen molar-refractivity contribution >= 4 is 18.0 Å². The number of hydrogen-bond acceptors (Lipinski definition) is 6. The number of carbonyl (C=O) groups excluding carboxylic acids is 3. The highest BCUT2D eigenvalue weighted by Gasteiger charge is 2.43. The maximum atomic E-state index is 12.9. The minimum atomic E-state index is -1.15. The van der Waals surface area contributed by atoms with E-state index >= 15 is 0 Å². The van der Waals surface area contributed by atoms with Crippen LogP contribution in [-0.4, -0.2) is 37.2 Å². The largest absolute Gasteiger partial charge is 0.469 e. The minimum absolute atomic E-state index is 0.0912. The molecule has 0 saturated carbocycles. The molecule has 0 saturated heterocycles. The van der Waals surface area contributed by atoms with Crippen molar-refractivity contribution in [1.82, 2.24) is 16.2 Å². The third-order valence-electron chi connectivity index (χ3n) is 6.08. The van der Waals surface area contributed by atoms with Gasteiger partial charge in [0.05, 0.1) is 24.6 Å². The third kappa shape index (κ3) is 7.91. The van der Waals surface area contributed by atoms with Crippen LogP contribution in [0.5, 0.6) is 0 Å². The van der Waals surface area contributed by atoms with Crippen LogP contribution in [0.15, 0.2) is 91.0 Å². The SMILES string of the molecule is COC(=O)C(C)(C)C(NNC(=O)c1ccccc1)[C@H](Cc1ccccc1)NC(=O)OCc1ccccc1. The molecule has 1 unspecified atom stereocenters. The van der Waals surface area contributed by atoms with Gasteiger partial charge in [0.15, 0.2) is 0 Å². The maximum absolute atomic E-state index is 12.9. The number of alkyl carbamates (subject to hydrolysis) is 1. The number of amides is 2. The molecule has 0 spiro atoms. The Balaban J connectivity index is 1.85. The van der Waals surface area contributed by atoms with Gasteiger partial charge in [0.25, 0.3) is 5.91 Å². The summed E-state index contributed by atoms with van der Waals surface area (Å²) in [5, 5.41) is 2.90. The van der Waals surface area contributed by atoms with Crippen LogP contribution in [-0.2, 0) is 27.3 Å². The van der Waals surface area contributed by atoms with Crippen molar-refractivity contribution in [1.29, 1.82) is 0 Å². The van der Waals surface area contributed by atoms with Crippen LogP contribution in [0.3, 0.4) is 0 Å². The Hall–Kier alpha value is -4.17. The van der Waals surface area contributed by atoms with Gasteiger partial charge in [0.2, 0.25) is 0 Å². The van der Waals surface area contributed by atoms with Crippen LogP contribution in [0.4, 0.5) is 4.79 Å². The lowest BCUT2D eigenvalue weighted by molar-refractivity contribution is -0.153. The maximum Gasteiger partial charge on any atom is 0.407 e. The van der Waals surface area contributed by atoms with Crippen molar-refractivity contribution in [2.24, 2.45) is 5.41 Å². The molecule has 8 heteroatoms. The van der Waals surface area contributed by atoms with E-state index in [2.05, 4.69) is 16.2 Å². The lowest BCUT2D eigenvalue weighted by Crippen LogP contribution is -2.63. The number of nitrogens with one attached hydrogen (secondary N) is 3. The van der Waals surface area contributed by atoms with Gasteiger partial charge in [0.1, 0.15) is 6.61 Å². The molecular formula is C29H33N3O5. The third-order valence-corrected chi connectivity index (χ3v) is 6.08. The molecule has 0 aromatic heterocycles. The molecule has 2 amide bonds. The van der Waals surface area contributed by atoms with Gasteiger partial charge >= 0.3 is 12.1 Å². The summed E-state index contributed by atoms with van der Waals surface area (Å²) < 4.78 is 10.5. The molecule has 0 aliphatic rings. The smallest absolute Gasteiger partial charge is 0.407 e. The fourth-order valence-electron chi connectivity index (χ4n) is 4.02. The Bertz CT molecular complexity index is 1150. The van der Waals surface area contributed by atoms with Crippen LogP contribution < -0.4 is 16.2 Å². The Morgan fingerprint density at radius 3 is 1.92 bits per heavy atom. The predicted octanol–water partition coefficient (Wildman–Crippen LogP) is 4.03. The van der Waals surface area contributed by atoms with E-state index in [-0.39, 0.29) is 12.5 Å². The first-order valence-electron chi connectivity index (χ1n) is 12.0. The summed E-state index contributed by atoms with van der Waals surface area (Å²) in [6.45, 7) is 3.48. The summed E-state index contributed by atoms with van der Waals surface area (Å²) >= 11 is 0.